The Bertz CT molecular complexity index is 433. The molecule has 0 aliphatic heterocycles. The Morgan fingerprint density at radius 3 is 2.50 bits per heavy atom. The van der Waals surface area contributed by atoms with Gasteiger partial charge in [-0.05, 0) is 36.0 Å². The number of nitrogen functional groups attached to an aromatic ring is 1. The van der Waals surface area contributed by atoms with Crippen LogP contribution in [0.4, 0.5) is 11.4 Å². The van der Waals surface area contributed by atoms with E-state index in [0.29, 0.717) is 23.7 Å². The van der Waals surface area contributed by atoms with Crippen LogP contribution < -0.4 is 11.1 Å². The third kappa shape index (κ3) is 4.06. The summed E-state index contributed by atoms with van der Waals surface area (Å²) in [7, 11) is 0. The van der Waals surface area contributed by atoms with Gasteiger partial charge in [0.15, 0.2) is 0 Å². The summed E-state index contributed by atoms with van der Waals surface area (Å²) in [6.45, 7) is 10.5. The molecule has 3 nitrogen and oxygen atoms in total. The molecule has 1 unspecified atom stereocenters. The monoisotopic (exact) mass is 248 g/mol. The molecule has 0 bridgehead atoms. The Hall–Kier alpha value is -1.51. The second-order valence-electron chi connectivity index (χ2n) is 6.11. The molecule has 0 aliphatic carbocycles. The topological polar surface area (TPSA) is 55.1 Å². The molecule has 1 rings (SSSR count). The first-order valence-corrected chi connectivity index (χ1v) is 6.36. The summed E-state index contributed by atoms with van der Waals surface area (Å²) in [6, 6.07) is 5.66. The van der Waals surface area contributed by atoms with Gasteiger partial charge in [-0.15, -0.1) is 0 Å². The number of benzene rings is 1. The number of carbonyl (C=O) groups is 1. The van der Waals surface area contributed by atoms with Crippen LogP contribution in [0.25, 0.3) is 0 Å². The number of amides is 1. The van der Waals surface area contributed by atoms with E-state index in [1.54, 1.807) is 0 Å². The van der Waals surface area contributed by atoms with E-state index in [2.05, 4.69) is 33.0 Å². The molecule has 0 saturated heterocycles. The predicted octanol–water partition coefficient (Wildman–Crippen LogP) is 3.59. The molecular formula is C15H24N2O. The van der Waals surface area contributed by atoms with Gasteiger partial charge in [-0.2, -0.15) is 0 Å². The maximum Gasteiger partial charge on any atom is 0.224 e. The molecule has 1 aromatic carbocycles. The minimum absolute atomic E-state index is 0.0213. The lowest BCUT2D eigenvalue weighted by Gasteiger charge is -2.26. The number of hydrogen-bond acceptors (Lipinski definition) is 2. The normalized spacial score (nSPS) is 13.2. The molecule has 0 spiro atoms. The van der Waals surface area contributed by atoms with E-state index in [9.17, 15) is 4.79 Å². The van der Waals surface area contributed by atoms with Crippen LogP contribution in [-0.2, 0) is 4.79 Å². The van der Waals surface area contributed by atoms with Crippen molar-refractivity contribution in [3.63, 3.8) is 0 Å². The van der Waals surface area contributed by atoms with E-state index < -0.39 is 0 Å². The summed E-state index contributed by atoms with van der Waals surface area (Å²) in [5, 5.41) is 2.88. The number of aryl methyl sites for hydroxylation is 1. The zero-order valence-electron chi connectivity index (χ0n) is 12.0. The minimum atomic E-state index is 0.0213. The molecule has 0 saturated carbocycles. The number of nitrogens with two attached hydrogens (primary N) is 1. The quantitative estimate of drug-likeness (QED) is 0.803. The summed E-state index contributed by atoms with van der Waals surface area (Å²) in [5.41, 5.74) is 8.42. The molecule has 0 fully saturated rings. The first-order valence-electron chi connectivity index (χ1n) is 6.36. The molecule has 0 aliphatic rings. The summed E-state index contributed by atoms with van der Waals surface area (Å²) in [5.74, 6) is 0.345. The van der Waals surface area contributed by atoms with Crippen LogP contribution in [0.3, 0.4) is 0 Å². The molecule has 100 valence electrons. The van der Waals surface area contributed by atoms with Gasteiger partial charge in [0, 0.05) is 6.42 Å². The van der Waals surface area contributed by atoms with Crippen molar-refractivity contribution in [2.75, 3.05) is 11.1 Å². The summed E-state index contributed by atoms with van der Waals surface area (Å²) >= 11 is 0. The van der Waals surface area contributed by atoms with Crippen LogP contribution in [0.2, 0.25) is 0 Å². The first-order chi connectivity index (χ1) is 8.20. The Kier molecular flexibility index (Phi) is 4.38. The molecule has 1 aromatic rings. The van der Waals surface area contributed by atoms with Gasteiger partial charge in [0.2, 0.25) is 5.91 Å². The van der Waals surface area contributed by atoms with E-state index in [4.69, 9.17) is 5.73 Å². The second kappa shape index (κ2) is 5.42. The first kappa shape index (κ1) is 14.6. The van der Waals surface area contributed by atoms with Crippen LogP contribution in [0, 0.1) is 18.3 Å². The lowest BCUT2D eigenvalue weighted by Crippen LogP contribution is -2.24. The fraction of sp³-hybridized carbons (Fsp3) is 0.533. The predicted molar refractivity (Wildman–Crippen MR) is 77.5 cm³/mol. The maximum atomic E-state index is 11.9. The van der Waals surface area contributed by atoms with Crippen molar-refractivity contribution in [3.05, 3.63) is 23.8 Å². The lowest BCUT2D eigenvalue weighted by atomic mass is 9.80. The highest BCUT2D eigenvalue weighted by Gasteiger charge is 2.22. The van der Waals surface area contributed by atoms with Gasteiger partial charge in [-0.3, -0.25) is 4.79 Å². The lowest BCUT2D eigenvalue weighted by molar-refractivity contribution is -0.117. The maximum absolute atomic E-state index is 11.9. The van der Waals surface area contributed by atoms with Gasteiger partial charge < -0.3 is 11.1 Å². The zero-order valence-corrected chi connectivity index (χ0v) is 12.0. The van der Waals surface area contributed by atoms with E-state index in [1.165, 1.54) is 0 Å². The summed E-state index contributed by atoms with van der Waals surface area (Å²) in [4.78, 5) is 11.9. The molecule has 3 N–H and O–H groups in total. The van der Waals surface area contributed by atoms with Crippen molar-refractivity contribution in [1.82, 2.24) is 0 Å². The molecule has 0 heterocycles. The standard InChI is InChI=1S/C15H24N2O/c1-10-6-7-13(12(16)8-10)17-14(18)9-11(2)15(3,4)5/h6-8,11H,9,16H2,1-5H3,(H,17,18). The molecule has 1 amide bonds. The van der Waals surface area contributed by atoms with Gasteiger partial charge in [-0.1, -0.05) is 33.8 Å². The minimum Gasteiger partial charge on any atom is -0.397 e. The fourth-order valence-corrected chi connectivity index (χ4v) is 1.58. The highest BCUT2D eigenvalue weighted by atomic mass is 16.1. The number of hydrogen-bond donors (Lipinski definition) is 2. The van der Waals surface area contributed by atoms with Gasteiger partial charge in [0.1, 0.15) is 0 Å². The largest absolute Gasteiger partial charge is 0.397 e. The van der Waals surface area contributed by atoms with Crippen molar-refractivity contribution in [1.29, 1.82) is 0 Å². The Labute approximate surface area is 110 Å². The van der Waals surface area contributed by atoms with Crippen molar-refractivity contribution in [2.24, 2.45) is 11.3 Å². The van der Waals surface area contributed by atoms with Gasteiger partial charge in [0.25, 0.3) is 0 Å². The molecular weight excluding hydrogens is 224 g/mol. The van der Waals surface area contributed by atoms with Crippen molar-refractivity contribution >= 4 is 17.3 Å². The molecule has 1 atom stereocenters. The van der Waals surface area contributed by atoms with Gasteiger partial charge >= 0.3 is 0 Å². The number of carbonyl (C=O) groups excluding carboxylic acids is 1. The summed E-state index contributed by atoms with van der Waals surface area (Å²) in [6.07, 6.45) is 0.511. The average molecular weight is 248 g/mol. The fourth-order valence-electron chi connectivity index (χ4n) is 1.58. The highest BCUT2D eigenvalue weighted by molar-refractivity contribution is 5.94. The Morgan fingerprint density at radius 1 is 1.39 bits per heavy atom. The Morgan fingerprint density at radius 2 is 2.00 bits per heavy atom. The summed E-state index contributed by atoms with van der Waals surface area (Å²) < 4.78 is 0. The van der Waals surface area contributed by atoms with Crippen LogP contribution in [0.15, 0.2) is 18.2 Å². The van der Waals surface area contributed by atoms with Gasteiger partial charge in [-0.25, -0.2) is 0 Å². The molecule has 0 aromatic heterocycles. The number of nitrogens with one attached hydrogen (secondary N) is 1. The van der Waals surface area contributed by atoms with Crippen LogP contribution in [0.1, 0.15) is 39.7 Å². The third-order valence-corrected chi connectivity index (χ3v) is 3.45. The van der Waals surface area contributed by atoms with Crippen molar-refractivity contribution < 1.29 is 4.79 Å². The zero-order chi connectivity index (χ0) is 13.9. The van der Waals surface area contributed by atoms with E-state index in [0.717, 1.165) is 5.56 Å². The third-order valence-electron chi connectivity index (χ3n) is 3.45. The van der Waals surface area contributed by atoms with E-state index in [-0.39, 0.29) is 11.3 Å². The molecule has 18 heavy (non-hydrogen) atoms. The molecule has 0 radical (unpaired) electrons. The number of rotatable bonds is 3. The van der Waals surface area contributed by atoms with E-state index >= 15 is 0 Å². The van der Waals surface area contributed by atoms with Crippen LogP contribution in [0.5, 0.6) is 0 Å². The van der Waals surface area contributed by atoms with Crippen molar-refractivity contribution in [3.8, 4) is 0 Å². The SMILES string of the molecule is Cc1ccc(NC(=O)CC(C)C(C)(C)C)c(N)c1. The number of anilines is 2. The average Bonchev–Trinajstić information content (AvgIpc) is 2.20. The molecule has 3 heteroatoms. The van der Waals surface area contributed by atoms with E-state index in [1.807, 2.05) is 25.1 Å². The van der Waals surface area contributed by atoms with Gasteiger partial charge in [0.05, 0.1) is 11.4 Å². The van der Waals surface area contributed by atoms with Crippen LogP contribution >= 0.6 is 0 Å². The van der Waals surface area contributed by atoms with Crippen molar-refractivity contribution in [2.45, 2.75) is 41.0 Å². The second-order valence-corrected chi connectivity index (χ2v) is 6.11. The Balaban J connectivity index is 2.65. The van der Waals surface area contributed by atoms with Crippen LogP contribution in [-0.4, -0.2) is 5.91 Å². The smallest absolute Gasteiger partial charge is 0.224 e. The highest BCUT2D eigenvalue weighted by Crippen LogP contribution is 2.28.